The maximum Gasteiger partial charge on any atom is 0.251 e. The molecule has 3 aromatic rings. The summed E-state index contributed by atoms with van der Waals surface area (Å²) in [6.07, 6.45) is 0.771. The quantitative estimate of drug-likeness (QED) is 0.379. The molecule has 8 nitrogen and oxygen atoms in total. The summed E-state index contributed by atoms with van der Waals surface area (Å²) in [4.78, 5) is 17.7. The van der Waals surface area contributed by atoms with Crippen molar-refractivity contribution in [1.82, 2.24) is 30.7 Å². The van der Waals surface area contributed by atoms with E-state index in [0.717, 1.165) is 23.6 Å². The third-order valence-electron chi connectivity index (χ3n) is 4.69. The van der Waals surface area contributed by atoms with Gasteiger partial charge in [0.05, 0.1) is 6.54 Å². The molecular weight excluding hydrogens is 398 g/mol. The summed E-state index contributed by atoms with van der Waals surface area (Å²) in [6.45, 7) is 3.74. The number of nitrogens with zero attached hydrogens (tertiary/aromatic N) is 4. The van der Waals surface area contributed by atoms with Crippen LogP contribution in [0, 0.1) is 6.92 Å². The van der Waals surface area contributed by atoms with Gasteiger partial charge in [0.25, 0.3) is 5.91 Å². The highest BCUT2D eigenvalue weighted by Crippen LogP contribution is 2.08. The molecule has 0 saturated heterocycles. The number of hydrogen-bond acceptors (Lipinski definition) is 5. The monoisotopic (exact) mass is 425 g/mol. The molecule has 30 heavy (non-hydrogen) atoms. The maximum absolute atomic E-state index is 11.8. The highest BCUT2D eigenvalue weighted by molar-refractivity contribution is 7.09. The Kier molecular flexibility index (Phi) is 7.56. The lowest BCUT2D eigenvalue weighted by Gasteiger charge is -2.12. The number of rotatable bonds is 8. The fourth-order valence-electron chi connectivity index (χ4n) is 2.83. The Balaban J connectivity index is 1.62. The van der Waals surface area contributed by atoms with Gasteiger partial charge in [-0.05, 0) is 42.5 Å². The Morgan fingerprint density at radius 2 is 2.07 bits per heavy atom. The molecule has 0 atom stereocenters. The number of carbonyl (C=O) groups is 1. The average Bonchev–Trinajstić information content (AvgIpc) is 3.40. The SMILES string of the molecule is CNC(=O)c1cccc(CCNC(=NCc2nnc(C)n2C)NCc2cccs2)c1. The van der Waals surface area contributed by atoms with E-state index >= 15 is 0 Å². The van der Waals surface area contributed by atoms with Crippen LogP contribution in [-0.4, -0.2) is 40.2 Å². The van der Waals surface area contributed by atoms with Crippen LogP contribution in [0.3, 0.4) is 0 Å². The van der Waals surface area contributed by atoms with Crippen LogP contribution >= 0.6 is 11.3 Å². The number of hydrogen-bond donors (Lipinski definition) is 3. The fourth-order valence-corrected chi connectivity index (χ4v) is 3.48. The summed E-state index contributed by atoms with van der Waals surface area (Å²) in [6, 6.07) is 11.8. The molecule has 158 valence electrons. The van der Waals surface area contributed by atoms with Gasteiger partial charge in [-0.2, -0.15) is 0 Å². The molecule has 0 aliphatic rings. The first-order valence-corrected chi connectivity index (χ1v) is 10.6. The van der Waals surface area contributed by atoms with Gasteiger partial charge >= 0.3 is 0 Å². The van der Waals surface area contributed by atoms with Crippen LogP contribution in [0.1, 0.15) is 32.4 Å². The van der Waals surface area contributed by atoms with Gasteiger partial charge < -0.3 is 20.5 Å². The first-order chi connectivity index (χ1) is 14.6. The number of nitrogens with one attached hydrogen (secondary N) is 3. The number of aromatic nitrogens is 3. The lowest BCUT2D eigenvalue weighted by atomic mass is 10.1. The zero-order valence-corrected chi connectivity index (χ0v) is 18.3. The number of benzene rings is 1. The van der Waals surface area contributed by atoms with Crippen molar-refractivity contribution in [2.24, 2.45) is 12.0 Å². The van der Waals surface area contributed by atoms with Crippen molar-refractivity contribution in [1.29, 1.82) is 0 Å². The Hall–Kier alpha value is -3.20. The molecule has 0 spiro atoms. The number of aliphatic imine (C=N–C) groups is 1. The molecule has 0 radical (unpaired) electrons. The van der Waals surface area contributed by atoms with Gasteiger partial charge in [-0.1, -0.05) is 18.2 Å². The normalized spacial score (nSPS) is 11.4. The van der Waals surface area contributed by atoms with Crippen molar-refractivity contribution < 1.29 is 4.79 Å². The molecule has 3 N–H and O–H groups in total. The summed E-state index contributed by atoms with van der Waals surface area (Å²) >= 11 is 1.70. The third-order valence-corrected chi connectivity index (χ3v) is 5.57. The summed E-state index contributed by atoms with van der Waals surface area (Å²) in [5.74, 6) is 2.30. The van der Waals surface area contributed by atoms with Gasteiger partial charge in [0.1, 0.15) is 12.4 Å². The Bertz CT molecular complexity index is 995. The van der Waals surface area contributed by atoms with E-state index in [2.05, 4.69) is 42.6 Å². The number of thiophene rings is 1. The fraction of sp³-hybridized carbons (Fsp3) is 0.333. The van der Waals surface area contributed by atoms with Crippen LogP contribution in [0.25, 0.3) is 0 Å². The van der Waals surface area contributed by atoms with E-state index in [1.807, 2.05) is 48.9 Å². The predicted molar refractivity (Wildman–Crippen MR) is 120 cm³/mol. The van der Waals surface area contributed by atoms with E-state index in [4.69, 9.17) is 0 Å². The van der Waals surface area contributed by atoms with Gasteiger partial charge in [-0.25, -0.2) is 4.99 Å². The van der Waals surface area contributed by atoms with Gasteiger partial charge in [0, 0.05) is 31.1 Å². The van der Waals surface area contributed by atoms with Crippen LogP contribution in [0.5, 0.6) is 0 Å². The lowest BCUT2D eigenvalue weighted by molar-refractivity contribution is 0.0963. The van der Waals surface area contributed by atoms with E-state index in [1.54, 1.807) is 18.4 Å². The summed E-state index contributed by atoms with van der Waals surface area (Å²) in [7, 11) is 3.57. The average molecular weight is 426 g/mol. The molecule has 0 aliphatic heterocycles. The van der Waals surface area contributed by atoms with Crippen LogP contribution in [-0.2, 0) is 26.6 Å². The number of carbonyl (C=O) groups excluding carboxylic acids is 1. The van der Waals surface area contributed by atoms with E-state index in [0.29, 0.717) is 31.2 Å². The minimum atomic E-state index is -0.0800. The molecule has 9 heteroatoms. The molecule has 2 heterocycles. The molecule has 3 rings (SSSR count). The van der Waals surface area contributed by atoms with Crippen LogP contribution < -0.4 is 16.0 Å². The van der Waals surface area contributed by atoms with Crippen molar-refractivity contribution >= 4 is 23.2 Å². The van der Waals surface area contributed by atoms with Crippen molar-refractivity contribution in [3.8, 4) is 0 Å². The van der Waals surface area contributed by atoms with Crippen LogP contribution in [0.15, 0.2) is 46.8 Å². The van der Waals surface area contributed by atoms with E-state index in [1.165, 1.54) is 4.88 Å². The minimum Gasteiger partial charge on any atom is -0.356 e. The number of guanidine groups is 1. The van der Waals surface area contributed by atoms with Gasteiger partial charge in [0.2, 0.25) is 0 Å². The predicted octanol–water partition coefficient (Wildman–Crippen LogP) is 2.02. The smallest absolute Gasteiger partial charge is 0.251 e. The van der Waals surface area contributed by atoms with Crippen molar-refractivity contribution in [3.63, 3.8) is 0 Å². The van der Waals surface area contributed by atoms with Gasteiger partial charge in [0.15, 0.2) is 11.8 Å². The van der Waals surface area contributed by atoms with E-state index in [9.17, 15) is 4.79 Å². The molecule has 0 bridgehead atoms. The van der Waals surface area contributed by atoms with Crippen molar-refractivity contribution in [3.05, 3.63) is 69.4 Å². The molecule has 1 aromatic carbocycles. The van der Waals surface area contributed by atoms with Crippen molar-refractivity contribution in [2.45, 2.75) is 26.4 Å². The van der Waals surface area contributed by atoms with E-state index < -0.39 is 0 Å². The zero-order valence-electron chi connectivity index (χ0n) is 17.5. The standard InChI is InChI=1S/C21H27N7OS/c1-15-26-27-19(28(15)3)14-25-21(24-13-18-8-5-11-30-18)23-10-9-16-6-4-7-17(12-16)20(29)22-2/h4-8,11-12H,9-10,13-14H2,1-3H3,(H,22,29)(H2,23,24,25). The highest BCUT2D eigenvalue weighted by Gasteiger charge is 2.07. The largest absolute Gasteiger partial charge is 0.356 e. The topological polar surface area (TPSA) is 96.2 Å². The Labute approximate surface area is 180 Å². The molecule has 0 aliphatic carbocycles. The van der Waals surface area contributed by atoms with Gasteiger partial charge in [-0.15, -0.1) is 21.5 Å². The molecule has 1 amide bonds. The molecule has 0 unspecified atom stereocenters. The maximum atomic E-state index is 11.8. The Morgan fingerprint density at radius 1 is 1.20 bits per heavy atom. The van der Waals surface area contributed by atoms with Crippen molar-refractivity contribution in [2.75, 3.05) is 13.6 Å². The summed E-state index contributed by atoms with van der Waals surface area (Å²) in [5, 5.41) is 19.7. The summed E-state index contributed by atoms with van der Waals surface area (Å²) < 4.78 is 1.94. The lowest BCUT2D eigenvalue weighted by Crippen LogP contribution is -2.38. The summed E-state index contributed by atoms with van der Waals surface area (Å²) in [5.41, 5.74) is 1.75. The second-order valence-corrected chi connectivity index (χ2v) is 7.81. The zero-order chi connectivity index (χ0) is 21.3. The molecular formula is C21H27N7OS. The van der Waals surface area contributed by atoms with Gasteiger partial charge in [-0.3, -0.25) is 4.79 Å². The molecule has 0 saturated carbocycles. The highest BCUT2D eigenvalue weighted by atomic mass is 32.1. The number of amides is 1. The van der Waals surface area contributed by atoms with Crippen LogP contribution in [0.4, 0.5) is 0 Å². The number of aryl methyl sites for hydroxylation is 1. The van der Waals surface area contributed by atoms with E-state index in [-0.39, 0.29) is 5.91 Å². The second-order valence-electron chi connectivity index (χ2n) is 6.78. The second kappa shape index (κ2) is 10.5. The Morgan fingerprint density at radius 3 is 2.77 bits per heavy atom. The molecule has 2 aromatic heterocycles. The first kappa shape index (κ1) is 21.5. The third kappa shape index (κ3) is 5.90. The molecule has 0 fully saturated rings. The van der Waals surface area contributed by atoms with Crippen LogP contribution in [0.2, 0.25) is 0 Å². The first-order valence-electron chi connectivity index (χ1n) is 9.77. The minimum absolute atomic E-state index is 0.0800.